The van der Waals surface area contributed by atoms with E-state index in [9.17, 15) is 9.59 Å². The highest BCUT2D eigenvalue weighted by molar-refractivity contribution is 5.92. The number of aryl methyl sites for hydroxylation is 1. The highest BCUT2D eigenvalue weighted by atomic mass is 16.6. The number of carbonyl (C=O) groups excluding carboxylic acids is 2. The topological polar surface area (TPSA) is 82.5 Å². The van der Waals surface area contributed by atoms with Crippen molar-refractivity contribution in [2.24, 2.45) is 7.05 Å². The number of nitrogens with one attached hydrogen (secondary N) is 1. The molecule has 194 valence electrons. The van der Waals surface area contributed by atoms with Crippen LogP contribution in [0.1, 0.15) is 42.7 Å². The maximum Gasteiger partial charge on any atom is 0.412 e. The van der Waals surface area contributed by atoms with Crippen LogP contribution in [-0.2, 0) is 26.7 Å². The summed E-state index contributed by atoms with van der Waals surface area (Å²) in [4.78, 5) is 24.9. The molecule has 7 heteroatoms. The molecule has 0 saturated heterocycles. The fraction of sp³-hybridized carbons (Fsp3) is 0.258. The van der Waals surface area contributed by atoms with Gasteiger partial charge in [-0.25, -0.2) is 4.79 Å². The zero-order valence-corrected chi connectivity index (χ0v) is 22.0. The van der Waals surface area contributed by atoms with E-state index in [1.54, 1.807) is 4.68 Å². The number of ether oxygens (including phenoxy) is 2. The number of aromatic nitrogens is 2. The third-order valence-electron chi connectivity index (χ3n) is 7.37. The van der Waals surface area contributed by atoms with E-state index in [0.717, 1.165) is 46.4 Å². The molecule has 0 aliphatic heterocycles. The number of methoxy groups -OCH3 is 1. The van der Waals surface area contributed by atoms with Crippen molar-refractivity contribution in [3.05, 3.63) is 95.7 Å². The molecule has 1 saturated carbocycles. The third-order valence-corrected chi connectivity index (χ3v) is 7.37. The van der Waals surface area contributed by atoms with Gasteiger partial charge in [0.25, 0.3) is 0 Å². The summed E-state index contributed by atoms with van der Waals surface area (Å²) < 4.78 is 12.4. The molecule has 1 N–H and O–H groups in total. The zero-order chi connectivity index (χ0) is 26.9. The van der Waals surface area contributed by atoms with E-state index in [2.05, 4.69) is 10.4 Å². The lowest BCUT2D eigenvalue weighted by molar-refractivity contribution is -0.143. The lowest BCUT2D eigenvalue weighted by Gasteiger charge is -2.15. The summed E-state index contributed by atoms with van der Waals surface area (Å²) >= 11 is 0. The van der Waals surface area contributed by atoms with Crippen molar-refractivity contribution in [3.8, 4) is 22.4 Å². The predicted molar refractivity (Wildman–Crippen MR) is 147 cm³/mol. The van der Waals surface area contributed by atoms with Gasteiger partial charge >= 0.3 is 12.1 Å². The fourth-order valence-electron chi connectivity index (χ4n) is 4.78. The number of hydrogen-bond acceptors (Lipinski definition) is 5. The maximum absolute atomic E-state index is 12.7. The molecule has 1 fully saturated rings. The van der Waals surface area contributed by atoms with Crippen LogP contribution in [0.25, 0.3) is 22.4 Å². The third kappa shape index (κ3) is 4.79. The minimum absolute atomic E-state index is 0.164. The molecule has 1 aromatic heterocycles. The van der Waals surface area contributed by atoms with E-state index in [1.807, 2.05) is 99.8 Å². The number of hydrogen-bond donors (Lipinski definition) is 1. The molecule has 38 heavy (non-hydrogen) atoms. The average molecular weight is 510 g/mol. The molecule has 0 bridgehead atoms. The Morgan fingerprint density at radius 1 is 0.921 bits per heavy atom. The standard InChI is InChI=1S/C31H31N3O4/c1-20-27(32-30(36)38-21(2)22-8-6-5-7-9-22)28(33-34(20)3)25-12-10-23(11-13-25)24-14-16-26(17-15-24)31(18-19-31)29(35)37-4/h5-17,21H,18-19H2,1-4H3,(H,32,36)/t21-/m1/s1. The van der Waals surface area contributed by atoms with Crippen molar-refractivity contribution in [3.63, 3.8) is 0 Å². The summed E-state index contributed by atoms with van der Waals surface area (Å²) in [6.07, 6.45) is 0.735. The van der Waals surface area contributed by atoms with Gasteiger partial charge in [-0.2, -0.15) is 5.10 Å². The smallest absolute Gasteiger partial charge is 0.412 e. The Hall–Kier alpha value is -4.39. The Labute approximate surface area is 222 Å². The van der Waals surface area contributed by atoms with Gasteiger partial charge in [-0.3, -0.25) is 14.8 Å². The molecule has 1 heterocycles. The fourth-order valence-corrected chi connectivity index (χ4v) is 4.78. The summed E-state index contributed by atoms with van der Waals surface area (Å²) in [6, 6.07) is 25.8. The minimum Gasteiger partial charge on any atom is -0.468 e. The highest BCUT2D eigenvalue weighted by Gasteiger charge is 2.52. The summed E-state index contributed by atoms with van der Waals surface area (Å²) in [5.41, 5.74) is 6.53. The number of rotatable bonds is 7. The monoisotopic (exact) mass is 509 g/mol. The van der Waals surface area contributed by atoms with Crippen molar-refractivity contribution >= 4 is 17.7 Å². The van der Waals surface area contributed by atoms with Gasteiger partial charge in [0.05, 0.1) is 23.9 Å². The Bertz CT molecular complexity index is 1450. The second-order valence-electron chi connectivity index (χ2n) is 9.74. The van der Waals surface area contributed by atoms with Crippen LogP contribution < -0.4 is 5.32 Å². The summed E-state index contributed by atoms with van der Waals surface area (Å²) in [7, 11) is 3.29. The van der Waals surface area contributed by atoms with Crippen molar-refractivity contribution in [2.75, 3.05) is 12.4 Å². The van der Waals surface area contributed by atoms with Crippen LogP contribution in [0.3, 0.4) is 0 Å². The van der Waals surface area contributed by atoms with E-state index in [0.29, 0.717) is 11.4 Å². The molecule has 0 radical (unpaired) electrons. The van der Waals surface area contributed by atoms with Gasteiger partial charge in [0.1, 0.15) is 11.8 Å². The molecule has 0 spiro atoms. The number of amides is 1. The van der Waals surface area contributed by atoms with Gasteiger partial charge in [-0.05, 0) is 48.9 Å². The van der Waals surface area contributed by atoms with Crippen LogP contribution in [0.2, 0.25) is 0 Å². The molecule has 1 atom stereocenters. The number of esters is 1. The van der Waals surface area contributed by atoms with Gasteiger partial charge in [-0.1, -0.05) is 78.9 Å². The van der Waals surface area contributed by atoms with Gasteiger partial charge in [0, 0.05) is 12.6 Å². The van der Waals surface area contributed by atoms with E-state index in [1.165, 1.54) is 7.11 Å². The van der Waals surface area contributed by atoms with Crippen LogP contribution in [0.15, 0.2) is 78.9 Å². The lowest BCUT2D eigenvalue weighted by atomic mass is 9.93. The first-order valence-electron chi connectivity index (χ1n) is 12.7. The number of anilines is 1. The van der Waals surface area contributed by atoms with E-state index < -0.39 is 11.5 Å². The molecule has 7 nitrogen and oxygen atoms in total. The van der Waals surface area contributed by atoms with Gasteiger partial charge in [0.15, 0.2) is 0 Å². The Balaban J connectivity index is 1.33. The van der Waals surface area contributed by atoms with Crippen LogP contribution in [-0.4, -0.2) is 29.0 Å². The molecule has 0 unspecified atom stereocenters. The summed E-state index contributed by atoms with van der Waals surface area (Å²) in [5, 5.41) is 7.55. The van der Waals surface area contributed by atoms with Crippen LogP contribution in [0, 0.1) is 6.92 Å². The molecular weight excluding hydrogens is 478 g/mol. The number of benzene rings is 3. The predicted octanol–water partition coefficient (Wildman–Crippen LogP) is 6.58. The maximum atomic E-state index is 12.7. The molecule has 1 aliphatic carbocycles. The summed E-state index contributed by atoms with van der Waals surface area (Å²) in [5.74, 6) is -0.164. The molecular formula is C31H31N3O4. The molecule has 3 aromatic carbocycles. The van der Waals surface area contributed by atoms with E-state index in [4.69, 9.17) is 9.47 Å². The van der Waals surface area contributed by atoms with Crippen LogP contribution in [0.5, 0.6) is 0 Å². The number of carbonyl (C=O) groups is 2. The van der Waals surface area contributed by atoms with Gasteiger partial charge in [0.2, 0.25) is 0 Å². The van der Waals surface area contributed by atoms with Crippen molar-refractivity contribution < 1.29 is 19.1 Å². The SMILES string of the molecule is COC(=O)C1(c2ccc(-c3ccc(-c4nn(C)c(C)c4NC(=O)O[C@H](C)c4ccccc4)cc3)cc2)CC1. The van der Waals surface area contributed by atoms with Gasteiger partial charge in [-0.15, -0.1) is 0 Å². The van der Waals surface area contributed by atoms with Crippen molar-refractivity contribution in [1.29, 1.82) is 0 Å². The average Bonchev–Trinajstić information content (AvgIpc) is 3.72. The largest absolute Gasteiger partial charge is 0.468 e. The first-order valence-corrected chi connectivity index (χ1v) is 12.7. The second-order valence-corrected chi connectivity index (χ2v) is 9.74. The molecule has 1 aliphatic rings. The van der Waals surface area contributed by atoms with Crippen LogP contribution >= 0.6 is 0 Å². The first kappa shape index (κ1) is 25.3. The molecule has 4 aromatic rings. The first-order chi connectivity index (χ1) is 18.3. The quantitative estimate of drug-likeness (QED) is 0.285. The lowest BCUT2D eigenvalue weighted by Crippen LogP contribution is -2.21. The normalized spacial score (nSPS) is 14.4. The molecule has 5 rings (SSSR count). The van der Waals surface area contributed by atoms with E-state index in [-0.39, 0.29) is 12.1 Å². The second kappa shape index (κ2) is 10.2. The van der Waals surface area contributed by atoms with Gasteiger partial charge < -0.3 is 9.47 Å². The highest BCUT2D eigenvalue weighted by Crippen LogP contribution is 2.49. The van der Waals surface area contributed by atoms with E-state index >= 15 is 0 Å². The van der Waals surface area contributed by atoms with Crippen molar-refractivity contribution in [1.82, 2.24) is 9.78 Å². The Morgan fingerprint density at radius 3 is 2.08 bits per heavy atom. The Morgan fingerprint density at radius 2 is 1.50 bits per heavy atom. The summed E-state index contributed by atoms with van der Waals surface area (Å²) in [6.45, 7) is 3.75. The van der Waals surface area contributed by atoms with Crippen LogP contribution in [0.4, 0.5) is 10.5 Å². The van der Waals surface area contributed by atoms with Crippen molar-refractivity contribution in [2.45, 2.75) is 38.2 Å². The minimum atomic E-state index is -0.532. The number of nitrogens with zero attached hydrogens (tertiary/aromatic N) is 2. The Kier molecular flexibility index (Phi) is 6.76. The zero-order valence-electron chi connectivity index (χ0n) is 22.0. The molecule has 1 amide bonds.